The first-order chi connectivity index (χ1) is 19.6. The second-order valence-corrected chi connectivity index (χ2v) is 8.56. The fourth-order valence-electron chi connectivity index (χ4n) is 3.39. The SMILES string of the molecule is COc1cc2ncnc(Nc3cccc(Cl)c3)c2cc1OCCOCCOCCOCCOCCOCC(=O)O. The zero-order valence-electron chi connectivity index (χ0n) is 22.3. The van der Waals surface area contributed by atoms with Crippen LogP contribution in [0.25, 0.3) is 10.9 Å². The summed E-state index contributed by atoms with van der Waals surface area (Å²) in [4.78, 5) is 19.0. The van der Waals surface area contributed by atoms with Crippen molar-refractivity contribution < 1.29 is 43.1 Å². The monoisotopic (exact) mass is 579 g/mol. The summed E-state index contributed by atoms with van der Waals surface area (Å²) in [6, 6.07) is 11.0. The lowest BCUT2D eigenvalue weighted by molar-refractivity contribution is -0.142. The molecule has 0 fully saturated rings. The van der Waals surface area contributed by atoms with Crippen molar-refractivity contribution in [1.82, 2.24) is 9.97 Å². The molecule has 0 bridgehead atoms. The number of nitrogens with one attached hydrogen (secondary N) is 1. The van der Waals surface area contributed by atoms with E-state index < -0.39 is 5.97 Å². The maximum absolute atomic E-state index is 10.3. The normalized spacial score (nSPS) is 11.1. The van der Waals surface area contributed by atoms with Gasteiger partial charge in [-0.05, 0) is 24.3 Å². The van der Waals surface area contributed by atoms with Gasteiger partial charge < -0.3 is 43.6 Å². The Hall–Kier alpha value is -3.26. The molecule has 13 heteroatoms. The van der Waals surface area contributed by atoms with Crippen molar-refractivity contribution in [1.29, 1.82) is 0 Å². The number of fused-ring (bicyclic) bond motifs is 1. The van der Waals surface area contributed by atoms with E-state index in [-0.39, 0.29) is 13.2 Å². The van der Waals surface area contributed by atoms with E-state index in [2.05, 4.69) is 15.3 Å². The standard InChI is InChI=1S/C27H34ClN3O9/c1-34-24-17-23-22(27(30-19-29-23)31-21-4-2-3-20(28)15-21)16-25(24)40-14-13-38-10-9-36-6-5-35-7-8-37-11-12-39-18-26(32)33/h2-4,15-17,19H,5-14,18H2,1H3,(H,32,33)(H,29,30,31). The van der Waals surface area contributed by atoms with Gasteiger partial charge in [0.05, 0.1) is 72.1 Å². The molecule has 0 spiro atoms. The molecule has 0 aliphatic heterocycles. The molecule has 0 unspecified atom stereocenters. The molecule has 0 amide bonds. The highest BCUT2D eigenvalue weighted by molar-refractivity contribution is 6.30. The van der Waals surface area contributed by atoms with Crippen molar-refractivity contribution in [3.8, 4) is 11.5 Å². The lowest BCUT2D eigenvalue weighted by Gasteiger charge is -2.14. The van der Waals surface area contributed by atoms with E-state index in [9.17, 15) is 4.79 Å². The number of ether oxygens (including phenoxy) is 7. The van der Waals surface area contributed by atoms with Gasteiger partial charge in [-0.2, -0.15) is 0 Å². The van der Waals surface area contributed by atoms with Gasteiger partial charge >= 0.3 is 5.97 Å². The van der Waals surface area contributed by atoms with Crippen LogP contribution in [0.5, 0.6) is 11.5 Å². The molecule has 40 heavy (non-hydrogen) atoms. The number of methoxy groups -OCH3 is 1. The van der Waals surface area contributed by atoms with Crippen LogP contribution in [0.15, 0.2) is 42.7 Å². The van der Waals surface area contributed by atoms with Crippen LogP contribution in [0, 0.1) is 0 Å². The second kappa shape index (κ2) is 18.2. The Morgan fingerprint density at radius 2 is 1.45 bits per heavy atom. The Kier molecular flexibility index (Phi) is 14.2. The zero-order chi connectivity index (χ0) is 28.4. The number of anilines is 2. The van der Waals surface area contributed by atoms with E-state index in [0.717, 1.165) is 11.1 Å². The van der Waals surface area contributed by atoms with Crippen LogP contribution in [0.3, 0.4) is 0 Å². The van der Waals surface area contributed by atoms with Gasteiger partial charge in [0.1, 0.15) is 25.4 Å². The number of aromatic nitrogens is 2. The highest BCUT2D eigenvalue weighted by Crippen LogP contribution is 2.34. The average molecular weight is 580 g/mol. The summed E-state index contributed by atoms with van der Waals surface area (Å²) in [5.74, 6) is 0.720. The third kappa shape index (κ3) is 11.5. The number of carboxylic acids is 1. The Bertz CT molecular complexity index is 1190. The summed E-state index contributed by atoms with van der Waals surface area (Å²) in [5.41, 5.74) is 1.51. The number of aliphatic carboxylic acids is 1. The second-order valence-electron chi connectivity index (χ2n) is 8.12. The highest BCUT2D eigenvalue weighted by Gasteiger charge is 2.12. The number of rotatable bonds is 21. The van der Waals surface area contributed by atoms with Crippen LogP contribution < -0.4 is 14.8 Å². The molecule has 12 nitrogen and oxygen atoms in total. The number of benzene rings is 2. The molecule has 0 saturated heterocycles. The smallest absolute Gasteiger partial charge is 0.329 e. The molecule has 0 saturated carbocycles. The molecule has 0 atom stereocenters. The molecule has 1 aromatic heterocycles. The van der Waals surface area contributed by atoms with Gasteiger partial charge in [0.15, 0.2) is 11.5 Å². The Balaban J connectivity index is 1.30. The molecule has 0 aliphatic rings. The van der Waals surface area contributed by atoms with E-state index >= 15 is 0 Å². The predicted octanol–water partition coefficient (Wildman–Crippen LogP) is 3.58. The van der Waals surface area contributed by atoms with Crippen LogP contribution in [0.4, 0.5) is 11.5 Å². The van der Waals surface area contributed by atoms with E-state index in [4.69, 9.17) is 49.9 Å². The van der Waals surface area contributed by atoms with Crippen molar-refractivity contribution in [2.45, 2.75) is 0 Å². The molecule has 0 radical (unpaired) electrons. The number of carbonyl (C=O) groups is 1. The van der Waals surface area contributed by atoms with Crippen molar-refractivity contribution >= 4 is 40.0 Å². The molecule has 1 heterocycles. The van der Waals surface area contributed by atoms with Crippen molar-refractivity contribution in [3.05, 3.63) is 47.7 Å². The van der Waals surface area contributed by atoms with Crippen molar-refractivity contribution in [3.63, 3.8) is 0 Å². The van der Waals surface area contributed by atoms with Gasteiger partial charge in [-0.1, -0.05) is 17.7 Å². The van der Waals surface area contributed by atoms with Crippen molar-refractivity contribution in [2.75, 3.05) is 85.1 Å². The fraction of sp³-hybridized carbons (Fsp3) is 0.444. The summed E-state index contributed by atoms with van der Waals surface area (Å²) in [5, 5.41) is 13.1. The largest absolute Gasteiger partial charge is 0.493 e. The predicted molar refractivity (Wildman–Crippen MR) is 148 cm³/mol. The molecule has 218 valence electrons. The third-order valence-corrected chi connectivity index (χ3v) is 5.44. The summed E-state index contributed by atoms with van der Waals surface area (Å²) in [7, 11) is 1.57. The minimum absolute atomic E-state index is 0.231. The van der Waals surface area contributed by atoms with Gasteiger partial charge in [0, 0.05) is 22.2 Å². The quantitative estimate of drug-likeness (QED) is 0.178. The number of carboxylic acid groups (broad SMARTS) is 1. The molecular weight excluding hydrogens is 546 g/mol. The maximum atomic E-state index is 10.3. The number of halogens is 1. The van der Waals surface area contributed by atoms with Crippen molar-refractivity contribution in [2.24, 2.45) is 0 Å². The van der Waals surface area contributed by atoms with Gasteiger partial charge in [0.25, 0.3) is 0 Å². The molecular formula is C27H34ClN3O9. The third-order valence-electron chi connectivity index (χ3n) is 5.21. The van der Waals surface area contributed by atoms with Crippen LogP contribution in [-0.4, -0.2) is 101 Å². The van der Waals surface area contributed by atoms with E-state index in [0.29, 0.717) is 87.3 Å². The molecule has 0 aliphatic carbocycles. The van der Waals surface area contributed by atoms with E-state index in [1.54, 1.807) is 19.2 Å². The van der Waals surface area contributed by atoms with Gasteiger partial charge in [-0.25, -0.2) is 14.8 Å². The van der Waals surface area contributed by atoms with Crippen LogP contribution in [0.1, 0.15) is 0 Å². The number of hydrogen-bond donors (Lipinski definition) is 2. The number of nitrogens with zero attached hydrogens (tertiary/aromatic N) is 2. The van der Waals surface area contributed by atoms with Crippen LogP contribution in [0.2, 0.25) is 5.02 Å². The Labute approximate surface area is 237 Å². The minimum Gasteiger partial charge on any atom is -0.493 e. The molecule has 3 rings (SSSR count). The lowest BCUT2D eigenvalue weighted by Crippen LogP contribution is -2.15. The zero-order valence-corrected chi connectivity index (χ0v) is 23.1. The summed E-state index contributed by atoms with van der Waals surface area (Å²) in [6.07, 6.45) is 1.48. The molecule has 2 aromatic carbocycles. The highest BCUT2D eigenvalue weighted by atomic mass is 35.5. The molecule has 2 N–H and O–H groups in total. The topological polar surface area (TPSA) is 140 Å². The summed E-state index contributed by atoms with van der Waals surface area (Å²) in [6.45, 7) is 3.43. The van der Waals surface area contributed by atoms with E-state index in [1.165, 1.54) is 6.33 Å². The first kappa shape index (κ1) is 31.3. The first-order valence-electron chi connectivity index (χ1n) is 12.7. The van der Waals surface area contributed by atoms with Crippen LogP contribution in [-0.2, 0) is 28.5 Å². The van der Waals surface area contributed by atoms with E-state index in [1.807, 2.05) is 24.3 Å². The first-order valence-corrected chi connectivity index (χ1v) is 13.0. The average Bonchev–Trinajstić information content (AvgIpc) is 2.94. The lowest BCUT2D eigenvalue weighted by atomic mass is 10.2. The Morgan fingerprint density at radius 1 is 0.825 bits per heavy atom. The fourth-order valence-corrected chi connectivity index (χ4v) is 3.58. The maximum Gasteiger partial charge on any atom is 0.329 e. The van der Waals surface area contributed by atoms with Crippen LogP contribution >= 0.6 is 11.6 Å². The molecule has 3 aromatic rings. The minimum atomic E-state index is -1.00. The number of hydrogen-bond acceptors (Lipinski definition) is 11. The van der Waals surface area contributed by atoms with Gasteiger partial charge in [-0.15, -0.1) is 0 Å². The summed E-state index contributed by atoms with van der Waals surface area (Å²) >= 11 is 6.10. The van der Waals surface area contributed by atoms with Gasteiger partial charge in [0.2, 0.25) is 0 Å². The van der Waals surface area contributed by atoms with Gasteiger partial charge in [-0.3, -0.25) is 0 Å². The summed E-state index contributed by atoms with van der Waals surface area (Å²) < 4.78 is 38.0. The Morgan fingerprint density at radius 3 is 2.05 bits per heavy atom.